The molecule has 2 aromatic rings. The molecular formula is C16H18O5. The van der Waals surface area contributed by atoms with Crippen LogP contribution in [0.25, 0.3) is 11.0 Å². The van der Waals surface area contributed by atoms with Crippen LogP contribution >= 0.6 is 0 Å². The normalized spacial score (nSPS) is 10.7. The number of carbonyl (C=O) groups is 1. The lowest BCUT2D eigenvalue weighted by molar-refractivity contribution is -0.137. The molecule has 112 valence electrons. The highest BCUT2D eigenvalue weighted by atomic mass is 16.5. The molecule has 0 amide bonds. The quantitative estimate of drug-likeness (QED) is 0.793. The monoisotopic (exact) mass is 290 g/mol. The molecule has 0 unspecified atom stereocenters. The van der Waals surface area contributed by atoms with Crippen molar-refractivity contribution in [1.82, 2.24) is 0 Å². The number of fused-ring (bicyclic) bond motifs is 1. The molecule has 1 N–H and O–H groups in total. The lowest BCUT2D eigenvalue weighted by atomic mass is 10.1. The third kappa shape index (κ3) is 3.84. The fourth-order valence-electron chi connectivity index (χ4n) is 2.22. The number of rotatable bonds is 7. The Morgan fingerprint density at radius 3 is 2.81 bits per heavy atom. The zero-order chi connectivity index (χ0) is 15.2. The van der Waals surface area contributed by atoms with Gasteiger partial charge in [-0.1, -0.05) is 6.42 Å². The van der Waals surface area contributed by atoms with E-state index in [1.54, 1.807) is 25.3 Å². The molecule has 1 heterocycles. The summed E-state index contributed by atoms with van der Waals surface area (Å²) in [7, 11) is 1.56. The Hall–Kier alpha value is -2.30. The fourth-order valence-corrected chi connectivity index (χ4v) is 2.22. The molecule has 0 saturated heterocycles. The van der Waals surface area contributed by atoms with E-state index >= 15 is 0 Å². The molecule has 21 heavy (non-hydrogen) atoms. The van der Waals surface area contributed by atoms with Crippen molar-refractivity contribution in [3.63, 3.8) is 0 Å². The molecular weight excluding hydrogens is 272 g/mol. The highest BCUT2D eigenvalue weighted by molar-refractivity contribution is 5.78. The summed E-state index contributed by atoms with van der Waals surface area (Å²) in [6.45, 7) is 0. The van der Waals surface area contributed by atoms with Crippen molar-refractivity contribution in [2.75, 3.05) is 7.11 Å². The average molecular weight is 290 g/mol. The molecule has 0 saturated carbocycles. The Kier molecular flexibility index (Phi) is 4.98. The van der Waals surface area contributed by atoms with Gasteiger partial charge in [0.05, 0.1) is 18.8 Å². The summed E-state index contributed by atoms with van der Waals surface area (Å²) in [6.07, 6.45) is 4.45. The molecule has 2 rings (SSSR count). The van der Waals surface area contributed by atoms with E-state index in [0.717, 1.165) is 12.8 Å². The smallest absolute Gasteiger partial charge is 0.303 e. The number of methoxy groups -OCH3 is 1. The molecule has 5 nitrogen and oxygen atoms in total. The third-order valence-corrected chi connectivity index (χ3v) is 3.39. The molecule has 1 aromatic heterocycles. The lowest BCUT2D eigenvalue weighted by Gasteiger charge is -2.04. The van der Waals surface area contributed by atoms with Crippen LogP contribution < -0.4 is 10.2 Å². The van der Waals surface area contributed by atoms with Crippen molar-refractivity contribution in [2.24, 2.45) is 0 Å². The lowest BCUT2D eigenvalue weighted by Crippen LogP contribution is -2.08. The first-order chi connectivity index (χ1) is 10.1. The van der Waals surface area contributed by atoms with Gasteiger partial charge in [-0.15, -0.1) is 0 Å². The van der Waals surface area contributed by atoms with Crippen LogP contribution in [0.15, 0.2) is 33.7 Å². The summed E-state index contributed by atoms with van der Waals surface area (Å²) >= 11 is 0. The molecule has 0 bridgehead atoms. The predicted molar refractivity (Wildman–Crippen MR) is 78.8 cm³/mol. The van der Waals surface area contributed by atoms with E-state index in [2.05, 4.69) is 0 Å². The summed E-state index contributed by atoms with van der Waals surface area (Å²) in [4.78, 5) is 22.7. The first kappa shape index (κ1) is 15.1. The molecule has 0 spiro atoms. The van der Waals surface area contributed by atoms with Gasteiger partial charge in [-0.25, -0.2) is 0 Å². The molecule has 1 aromatic carbocycles. The largest absolute Gasteiger partial charge is 0.497 e. The topological polar surface area (TPSA) is 76.7 Å². The van der Waals surface area contributed by atoms with Crippen LogP contribution in [0.2, 0.25) is 0 Å². The number of aliphatic carboxylic acids is 1. The third-order valence-electron chi connectivity index (χ3n) is 3.39. The Morgan fingerprint density at radius 1 is 1.29 bits per heavy atom. The highest BCUT2D eigenvalue weighted by Crippen LogP contribution is 2.19. The predicted octanol–water partition coefficient (Wildman–Crippen LogP) is 2.99. The van der Waals surface area contributed by atoms with Crippen molar-refractivity contribution in [3.05, 3.63) is 40.2 Å². The van der Waals surface area contributed by atoms with Crippen LogP contribution in [-0.2, 0) is 11.2 Å². The van der Waals surface area contributed by atoms with Gasteiger partial charge in [-0.05, 0) is 31.4 Å². The molecule has 0 aliphatic heterocycles. The maximum absolute atomic E-state index is 12.3. The fraction of sp³-hybridized carbons (Fsp3) is 0.375. The van der Waals surface area contributed by atoms with Crippen molar-refractivity contribution in [3.8, 4) is 5.75 Å². The van der Waals surface area contributed by atoms with Crippen LogP contribution in [-0.4, -0.2) is 18.2 Å². The summed E-state index contributed by atoms with van der Waals surface area (Å²) in [5.74, 6) is -0.138. The Morgan fingerprint density at radius 2 is 2.10 bits per heavy atom. The molecule has 0 radical (unpaired) electrons. The summed E-state index contributed by atoms with van der Waals surface area (Å²) in [5, 5.41) is 9.10. The summed E-state index contributed by atoms with van der Waals surface area (Å²) in [6, 6.07) is 5.12. The van der Waals surface area contributed by atoms with Crippen LogP contribution in [0.3, 0.4) is 0 Å². The van der Waals surface area contributed by atoms with Crippen molar-refractivity contribution < 1.29 is 19.1 Å². The minimum Gasteiger partial charge on any atom is -0.497 e. The van der Waals surface area contributed by atoms with Gasteiger partial charge >= 0.3 is 5.97 Å². The van der Waals surface area contributed by atoms with E-state index in [1.165, 1.54) is 6.26 Å². The van der Waals surface area contributed by atoms with Gasteiger partial charge in [0.2, 0.25) is 0 Å². The number of benzene rings is 1. The van der Waals surface area contributed by atoms with Gasteiger partial charge in [0, 0.05) is 18.1 Å². The number of carboxylic acids is 1. The second-order valence-corrected chi connectivity index (χ2v) is 4.91. The summed E-state index contributed by atoms with van der Waals surface area (Å²) < 4.78 is 10.6. The van der Waals surface area contributed by atoms with Crippen molar-refractivity contribution in [1.29, 1.82) is 0 Å². The van der Waals surface area contributed by atoms with Gasteiger partial charge in [0.1, 0.15) is 11.3 Å². The van der Waals surface area contributed by atoms with E-state index in [1.807, 2.05) is 0 Å². The molecule has 0 aliphatic rings. The number of aryl methyl sites for hydroxylation is 1. The minimum atomic E-state index is -0.783. The second kappa shape index (κ2) is 6.92. The van der Waals surface area contributed by atoms with Crippen LogP contribution in [0.1, 0.15) is 31.2 Å². The molecule has 5 heteroatoms. The van der Waals surface area contributed by atoms with Crippen LogP contribution in [0.4, 0.5) is 0 Å². The van der Waals surface area contributed by atoms with E-state index < -0.39 is 5.97 Å². The van der Waals surface area contributed by atoms with Crippen molar-refractivity contribution >= 4 is 16.9 Å². The number of carboxylic acid groups (broad SMARTS) is 1. The first-order valence-corrected chi connectivity index (χ1v) is 6.92. The number of hydrogen-bond donors (Lipinski definition) is 1. The maximum Gasteiger partial charge on any atom is 0.303 e. The molecule has 0 fully saturated rings. The van der Waals surface area contributed by atoms with E-state index in [0.29, 0.717) is 35.1 Å². The molecule has 0 atom stereocenters. The summed E-state index contributed by atoms with van der Waals surface area (Å²) in [5.41, 5.74) is 1.11. The van der Waals surface area contributed by atoms with Gasteiger partial charge in [0.15, 0.2) is 5.43 Å². The standard InChI is InChI=1S/C16H18O5/c1-20-12-7-8-13-14(9-12)21-10-11(16(13)19)5-3-2-4-6-15(17)18/h7-10H,2-6H2,1H3,(H,17,18). The highest BCUT2D eigenvalue weighted by Gasteiger charge is 2.08. The van der Waals surface area contributed by atoms with Gasteiger partial charge in [0.25, 0.3) is 0 Å². The number of ether oxygens (including phenoxy) is 1. The minimum absolute atomic E-state index is 0.0304. The number of unbranched alkanes of at least 4 members (excludes halogenated alkanes) is 2. The Bertz CT molecular complexity index is 687. The van der Waals surface area contributed by atoms with E-state index in [9.17, 15) is 9.59 Å². The van der Waals surface area contributed by atoms with E-state index in [-0.39, 0.29) is 11.8 Å². The van der Waals surface area contributed by atoms with Crippen LogP contribution in [0.5, 0.6) is 5.75 Å². The zero-order valence-electron chi connectivity index (χ0n) is 11.9. The Balaban J connectivity index is 2.06. The van der Waals surface area contributed by atoms with Gasteiger partial charge in [-0.2, -0.15) is 0 Å². The van der Waals surface area contributed by atoms with Gasteiger partial charge < -0.3 is 14.3 Å². The SMILES string of the molecule is COc1ccc2c(=O)c(CCCCCC(=O)O)coc2c1. The zero-order valence-corrected chi connectivity index (χ0v) is 11.9. The molecule has 0 aliphatic carbocycles. The van der Waals surface area contributed by atoms with Gasteiger partial charge in [-0.3, -0.25) is 9.59 Å². The van der Waals surface area contributed by atoms with E-state index in [4.69, 9.17) is 14.3 Å². The second-order valence-electron chi connectivity index (χ2n) is 4.91. The Labute approximate surface area is 122 Å². The number of hydrogen-bond acceptors (Lipinski definition) is 4. The average Bonchev–Trinajstić information content (AvgIpc) is 2.48. The maximum atomic E-state index is 12.3. The van der Waals surface area contributed by atoms with Crippen LogP contribution in [0, 0.1) is 0 Å². The first-order valence-electron chi connectivity index (χ1n) is 6.92. The van der Waals surface area contributed by atoms with Crippen molar-refractivity contribution in [2.45, 2.75) is 32.1 Å².